The van der Waals surface area contributed by atoms with Gasteiger partial charge in [0.2, 0.25) is 27.7 Å². The molecular weight excluding hydrogens is 617 g/mol. The lowest BCUT2D eigenvalue weighted by molar-refractivity contribution is -0.140. The Hall–Kier alpha value is -2.99. The van der Waals surface area contributed by atoms with Crippen molar-refractivity contribution >= 4 is 39.1 Å². The van der Waals surface area contributed by atoms with Crippen LogP contribution in [-0.2, 0) is 35.7 Å². The molecule has 238 valence electrons. The molecule has 4 aliphatic rings. The van der Waals surface area contributed by atoms with Gasteiger partial charge in [0, 0.05) is 45.3 Å². The van der Waals surface area contributed by atoms with Gasteiger partial charge in [-0.1, -0.05) is 6.07 Å². The number of amides is 3. The first kappa shape index (κ1) is 31.0. The number of carbonyl (C=O) groups is 3. The molecule has 4 aliphatic heterocycles. The van der Waals surface area contributed by atoms with Crippen LogP contribution in [0.3, 0.4) is 0 Å². The first-order valence-electron chi connectivity index (χ1n) is 14.4. The monoisotopic (exact) mass is 651 g/mol. The molecule has 7 atom stereocenters. The fourth-order valence-corrected chi connectivity index (χ4v) is 8.71. The zero-order chi connectivity index (χ0) is 31.2. The third-order valence-electron chi connectivity index (χ3n) is 8.69. The predicted molar refractivity (Wildman–Crippen MR) is 154 cm³/mol. The van der Waals surface area contributed by atoms with E-state index < -0.39 is 70.2 Å². The summed E-state index contributed by atoms with van der Waals surface area (Å²) in [6.07, 6.45) is -4.84. The molecule has 44 heavy (non-hydrogen) atoms. The number of halogens is 1. The number of fused-ring (bicyclic) bond motifs is 6. The first-order valence-corrected chi connectivity index (χ1v) is 16.8. The van der Waals surface area contributed by atoms with Crippen LogP contribution in [0.4, 0.5) is 4.39 Å². The number of nitrogens with one attached hydrogen (secondary N) is 2. The fourth-order valence-electron chi connectivity index (χ4n) is 6.45. The second kappa shape index (κ2) is 12.4. The van der Waals surface area contributed by atoms with Crippen LogP contribution in [0.2, 0.25) is 0 Å². The molecule has 13 nitrogen and oxygen atoms in total. The lowest BCUT2D eigenvalue weighted by Gasteiger charge is -2.41. The molecule has 0 spiro atoms. The van der Waals surface area contributed by atoms with Gasteiger partial charge in [0.15, 0.2) is 0 Å². The second-order valence-corrected chi connectivity index (χ2v) is 14.3. The van der Waals surface area contributed by atoms with Gasteiger partial charge in [-0.2, -0.15) is 15.6 Å². The number of benzene rings is 1. The minimum absolute atomic E-state index is 0.00466. The van der Waals surface area contributed by atoms with Gasteiger partial charge in [-0.05, 0) is 47.0 Å². The summed E-state index contributed by atoms with van der Waals surface area (Å²) in [5.41, 5.74) is 0.997. The number of thiophene rings is 1. The molecule has 5 heterocycles. The van der Waals surface area contributed by atoms with Crippen LogP contribution >= 0.6 is 11.3 Å². The Morgan fingerprint density at radius 3 is 2.59 bits per heavy atom. The Kier molecular flexibility index (Phi) is 8.76. The summed E-state index contributed by atoms with van der Waals surface area (Å²) < 4.78 is 48.1. The smallest absolute Gasteiger partial charge is 0.244 e. The van der Waals surface area contributed by atoms with Gasteiger partial charge < -0.3 is 30.5 Å². The van der Waals surface area contributed by atoms with E-state index in [1.807, 2.05) is 21.7 Å². The normalized spacial score (nSPS) is 32.5. The lowest BCUT2D eigenvalue weighted by Crippen LogP contribution is -2.63. The van der Waals surface area contributed by atoms with Crippen LogP contribution in [0, 0.1) is 5.82 Å². The number of likely N-dealkylation sites (tertiary alicyclic amines) is 1. The maximum Gasteiger partial charge on any atom is 0.244 e. The van der Waals surface area contributed by atoms with Crippen molar-refractivity contribution in [3.8, 4) is 0 Å². The third-order valence-corrected chi connectivity index (χ3v) is 11.3. The number of hydrogen-bond acceptors (Lipinski definition) is 10. The summed E-state index contributed by atoms with van der Waals surface area (Å²) in [4.78, 5) is 43.7. The molecule has 2 aromatic rings. The molecule has 0 aliphatic carbocycles. The Morgan fingerprint density at radius 1 is 1.05 bits per heavy atom. The molecule has 1 aromatic heterocycles. The SMILES string of the molecule is O=C1C[C@@H]2O[C@H](CNC(=O)[C@@H]3CN(CCN3S(=O)(=O)c3cccc(F)c3)C(=O)[C@@H]3C[C@@H](CN3Cc3ccsc3)N1)[C@@H](O)[C@H]2O. The number of nitrogens with zero attached hydrogens (tertiary/aromatic N) is 3. The van der Waals surface area contributed by atoms with E-state index in [0.717, 1.165) is 22.0 Å². The van der Waals surface area contributed by atoms with E-state index in [0.29, 0.717) is 13.1 Å². The molecular formula is C28H34FN5O8S2. The number of piperazine rings is 1. The van der Waals surface area contributed by atoms with Crippen molar-refractivity contribution in [1.82, 2.24) is 24.7 Å². The second-order valence-electron chi connectivity index (χ2n) is 11.6. The van der Waals surface area contributed by atoms with Gasteiger partial charge in [0.1, 0.15) is 30.2 Å². The van der Waals surface area contributed by atoms with Crippen molar-refractivity contribution in [1.29, 1.82) is 0 Å². The zero-order valence-corrected chi connectivity index (χ0v) is 25.3. The number of aliphatic hydroxyl groups excluding tert-OH is 2. The maximum atomic E-state index is 14.0. The molecule has 1 aromatic carbocycles. The van der Waals surface area contributed by atoms with E-state index >= 15 is 0 Å². The van der Waals surface area contributed by atoms with E-state index in [2.05, 4.69) is 10.6 Å². The number of aliphatic hydroxyl groups is 2. The Labute approximate surface area is 257 Å². The summed E-state index contributed by atoms with van der Waals surface area (Å²) in [6.45, 7) is 0.0435. The average Bonchev–Trinajstić information content (AvgIpc) is 3.72. The number of hydrogen-bond donors (Lipinski definition) is 4. The minimum Gasteiger partial charge on any atom is -0.388 e. The number of rotatable bonds is 4. The summed E-state index contributed by atoms with van der Waals surface area (Å²) in [5, 5.41) is 30.6. The van der Waals surface area contributed by atoms with Crippen molar-refractivity contribution < 1.29 is 42.1 Å². The van der Waals surface area contributed by atoms with Crippen LogP contribution in [0.5, 0.6) is 0 Å². The topological polar surface area (TPSA) is 169 Å². The van der Waals surface area contributed by atoms with Crippen LogP contribution in [0.15, 0.2) is 46.0 Å². The molecule has 6 bridgehead atoms. The van der Waals surface area contributed by atoms with Crippen molar-refractivity contribution in [2.75, 3.05) is 32.7 Å². The molecule has 0 saturated carbocycles. The highest BCUT2D eigenvalue weighted by Crippen LogP contribution is 2.29. The molecule has 0 radical (unpaired) electrons. The van der Waals surface area contributed by atoms with E-state index in [-0.39, 0.29) is 49.8 Å². The molecule has 4 N–H and O–H groups in total. The van der Waals surface area contributed by atoms with E-state index in [4.69, 9.17) is 4.74 Å². The largest absolute Gasteiger partial charge is 0.388 e. The van der Waals surface area contributed by atoms with Gasteiger partial charge in [0.25, 0.3) is 0 Å². The van der Waals surface area contributed by atoms with E-state index in [1.165, 1.54) is 28.4 Å². The van der Waals surface area contributed by atoms with Gasteiger partial charge in [-0.15, -0.1) is 0 Å². The number of sulfonamides is 1. The van der Waals surface area contributed by atoms with Crippen LogP contribution in [0.25, 0.3) is 0 Å². The highest BCUT2D eigenvalue weighted by molar-refractivity contribution is 7.89. The van der Waals surface area contributed by atoms with Crippen LogP contribution in [-0.4, -0.2) is 126 Å². The van der Waals surface area contributed by atoms with Crippen LogP contribution < -0.4 is 10.6 Å². The van der Waals surface area contributed by atoms with Crippen LogP contribution in [0.1, 0.15) is 18.4 Å². The third kappa shape index (κ3) is 6.11. The van der Waals surface area contributed by atoms with Gasteiger partial charge >= 0.3 is 0 Å². The molecule has 16 heteroatoms. The average molecular weight is 652 g/mol. The standard InChI is InChI=1S/C28H34FN5O8S2/c29-17-2-1-3-19(8-17)44(40,41)34-6-5-32-14-21(34)27(38)30-11-23-26(37)25(36)22(42-23)10-24(35)31-18-9-20(28(32)39)33(13-18)12-16-4-7-43-15-16/h1-4,7-8,15,18,20-23,25-26,36-37H,5-6,9-14H2,(H,30,38)(H,31,35)/t18-,20-,21-,22-,23+,25-,26+/m0/s1. The van der Waals surface area contributed by atoms with E-state index in [1.54, 1.807) is 0 Å². The number of ether oxygens (including phenoxy) is 1. The Bertz CT molecular complexity index is 1510. The molecule has 3 amide bonds. The quantitative estimate of drug-likeness (QED) is 0.319. The molecule has 4 saturated heterocycles. The van der Waals surface area contributed by atoms with Gasteiger partial charge in [-0.3, -0.25) is 19.3 Å². The lowest BCUT2D eigenvalue weighted by atomic mass is 10.0. The maximum absolute atomic E-state index is 14.0. The summed E-state index contributed by atoms with van der Waals surface area (Å²) in [7, 11) is -4.35. The molecule has 4 fully saturated rings. The highest BCUT2D eigenvalue weighted by atomic mass is 32.2. The van der Waals surface area contributed by atoms with Crippen molar-refractivity contribution in [3.63, 3.8) is 0 Å². The van der Waals surface area contributed by atoms with Crippen molar-refractivity contribution in [2.45, 2.75) is 66.8 Å². The van der Waals surface area contributed by atoms with Gasteiger partial charge in [0.05, 0.1) is 23.5 Å². The fraction of sp³-hybridized carbons (Fsp3) is 0.536. The minimum atomic E-state index is -4.35. The summed E-state index contributed by atoms with van der Waals surface area (Å²) in [5.74, 6) is -2.20. The predicted octanol–water partition coefficient (Wildman–Crippen LogP) is -1.14. The zero-order valence-electron chi connectivity index (χ0n) is 23.6. The van der Waals surface area contributed by atoms with Crippen molar-refractivity contribution in [3.05, 3.63) is 52.5 Å². The van der Waals surface area contributed by atoms with Crippen molar-refractivity contribution in [2.24, 2.45) is 0 Å². The number of carbonyl (C=O) groups excluding carboxylic acids is 3. The summed E-state index contributed by atoms with van der Waals surface area (Å²) in [6, 6.07) is 4.03. The first-order chi connectivity index (χ1) is 21.0. The van der Waals surface area contributed by atoms with Gasteiger partial charge in [-0.25, -0.2) is 12.8 Å². The molecule has 0 unspecified atom stereocenters. The Morgan fingerprint density at radius 2 is 1.84 bits per heavy atom. The summed E-state index contributed by atoms with van der Waals surface area (Å²) >= 11 is 1.52. The highest BCUT2D eigenvalue weighted by Gasteiger charge is 2.48. The Balaban J connectivity index is 1.32. The molecule has 6 rings (SSSR count). The van der Waals surface area contributed by atoms with E-state index in [9.17, 15) is 37.4 Å².